The normalized spacial score (nSPS) is 11.8. The molecule has 0 bridgehead atoms. The molecule has 8 heteroatoms. The molecule has 3 N–H and O–H groups in total. The molecule has 2 aromatic carbocycles. The minimum Gasteiger partial charge on any atom is -0.481 e. The van der Waals surface area contributed by atoms with Gasteiger partial charge in [-0.25, -0.2) is 9.07 Å². The van der Waals surface area contributed by atoms with Gasteiger partial charge in [-0.05, 0) is 48.7 Å². The van der Waals surface area contributed by atoms with Gasteiger partial charge in [0.05, 0.1) is 18.2 Å². The number of aliphatic carboxylic acids is 1. The van der Waals surface area contributed by atoms with E-state index in [0.29, 0.717) is 5.56 Å². The highest BCUT2D eigenvalue weighted by atomic mass is 19.1. The maximum Gasteiger partial charge on any atom is 0.305 e. The van der Waals surface area contributed by atoms with Gasteiger partial charge in [0.25, 0.3) is 11.5 Å². The summed E-state index contributed by atoms with van der Waals surface area (Å²) in [6, 6.07) is 11.1. The highest BCUT2D eigenvalue weighted by Gasteiger charge is 2.22. The number of carbonyl (C=O) groups is 2. The first-order valence-electron chi connectivity index (χ1n) is 8.93. The van der Waals surface area contributed by atoms with Crippen LogP contribution in [0.5, 0.6) is 0 Å². The van der Waals surface area contributed by atoms with Crippen LogP contribution in [0, 0.1) is 19.7 Å². The van der Waals surface area contributed by atoms with Crippen molar-refractivity contribution in [2.24, 2.45) is 0 Å². The van der Waals surface area contributed by atoms with Crippen molar-refractivity contribution in [1.29, 1.82) is 0 Å². The molecule has 3 aromatic rings. The monoisotopic (exact) mass is 397 g/mol. The molecular formula is C21H20FN3O4. The third kappa shape index (κ3) is 4.43. The summed E-state index contributed by atoms with van der Waals surface area (Å²) in [6.07, 6.45) is -0.315. The zero-order valence-corrected chi connectivity index (χ0v) is 15.9. The molecule has 3 rings (SSSR count). The topological polar surface area (TPSA) is 104 Å². The first-order chi connectivity index (χ1) is 13.8. The molecule has 0 spiro atoms. The Hall–Kier alpha value is -3.68. The number of nitrogens with one attached hydrogen (secondary N) is 2. The maximum atomic E-state index is 13.4. The van der Waals surface area contributed by atoms with Gasteiger partial charge in [-0.3, -0.25) is 19.5 Å². The van der Waals surface area contributed by atoms with E-state index < -0.39 is 29.3 Å². The number of amides is 1. The quantitative estimate of drug-likeness (QED) is 0.595. The van der Waals surface area contributed by atoms with Crippen LogP contribution in [0.1, 0.15) is 39.6 Å². The molecule has 0 aliphatic heterocycles. The summed E-state index contributed by atoms with van der Waals surface area (Å²) in [4.78, 5) is 36.3. The molecule has 0 saturated carbocycles. The summed E-state index contributed by atoms with van der Waals surface area (Å²) in [5.74, 6) is -2.22. The third-order valence-corrected chi connectivity index (χ3v) is 4.74. The molecule has 1 unspecified atom stereocenters. The van der Waals surface area contributed by atoms with Crippen LogP contribution < -0.4 is 10.9 Å². The highest BCUT2D eigenvalue weighted by Crippen LogP contribution is 2.23. The van der Waals surface area contributed by atoms with Crippen LogP contribution in [0.4, 0.5) is 4.39 Å². The Morgan fingerprint density at radius 1 is 1.17 bits per heavy atom. The average Bonchev–Trinajstić information content (AvgIpc) is 3.05. The van der Waals surface area contributed by atoms with Crippen LogP contribution in [-0.4, -0.2) is 26.8 Å². The number of nitrogens with zero attached hydrogens (tertiary/aromatic N) is 1. The molecule has 1 aromatic heterocycles. The second-order valence-corrected chi connectivity index (χ2v) is 6.74. The number of hydrogen-bond acceptors (Lipinski definition) is 3. The minimum atomic E-state index is -1.07. The van der Waals surface area contributed by atoms with Crippen LogP contribution in [0.15, 0.2) is 53.3 Å². The van der Waals surface area contributed by atoms with Gasteiger partial charge < -0.3 is 10.4 Å². The van der Waals surface area contributed by atoms with E-state index in [1.54, 1.807) is 12.1 Å². The summed E-state index contributed by atoms with van der Waals surface area (Å²) in [7, 11) is 0. The van der Waals surface area contributed by atoms with Crippen LogP contribution in [0.25, 0.3) is 5.69 Å². The Morgan fingerprint density at radius 3 is 2.59 bits per heavy atom. The van der Waals surface area contributed by atoms with Crippen molar-refractivity contribution < 1.29 is 19.1 Å². The molecule has 1 atom stereocenters. The number of aromatic amines is 1. The van der Waals surface area contributed by atoms with Crippen LogP contribution in [-0.2, 0) is 4.79 Å². The average molecular weight is 397 g/mol. The molecule has 0 radical (unpaired) electrons. The number of carboxylic acid groups (broad SMARTS) is 1. The number of aromatic nitrogens is 2. The van der Waals surface area contributed by atoms with E-state index in [-0.39, 0.29) is 17.8 Å². The Balaban J connectivity index is 1.91. The van der Waals surface area contributed by atoms with Crippen LogP contribution in [0.3, 0.4) is 0 Å². The lowest BCUT2D eigenvalue weighted by molar-refractivity contribution is -0.137. The van der Waals surface area contributed by atoms with Gasteiger partial charge in [-0.15, -0.1) is 0 Å². The third-order valence-electron chi connectivity index (χ3n) is 4.74. The molecule has 0 fully saturated rings. The molecule has 0 aliphatic rings. The molecule has 1 amide bonds. The standard InChI is InChI=1S/C21H20FN3O4/c1-12-5-3-8-16(13(12)2)17(11-20(27)28)23-21(29)18-10-19(26)25(24-18)15-7-4-6-14(22)9-15/h3-10,17,24H,11H2,1-2H3,(H,23,29)(H,27,28). The number of benzene rings is 2. The van der Waals surface area contributed by atoms with E-state index in [1.807, 2.05) is 19.9 Å². The number of aryl methyl sites for hydroxylation is 1. The van der Waals surface area contributed by atoms with Crippen molar-refractivity contribution in [2.45, 2.75) is 26.3 Å². The second kappa shape index (κ2) is 8.14. The smallest absolute Gasteiger partial charge is 0.305 e. The van der Waals surface area contributed by atoms with E-state index in [4.69, 9.17) is 0 Å². The van der Waals surface area contributed by atoms with Gasteiger partial charge in [0.2, 0.25) is 0 Å². The summed E-state index contributed by atoms with van der Waals surface area (Å²) in [5, 5.41) is 14.6. The van der Waals surface area contributed by atoms with Gasteiger partial charge in [0.15, 0.2) is 0 Å². The van der Waals surface area contributed by atoms with Crippen LogP contribution >= 0.6 is 0 Å². The minimum absolute atomic E-state index is 0.0556. The van der Waals surface area contributed by atoms with E-state index in [2.05, 4.69) is 10.4 Å². The molecule has 0 aliphatic carbocycles. The zero-order valence-electron chi connectivity index (χ0n) is 15.9. The van der Waals surface area contributed by atoms with Crippen molar-refractivity contribution in [1.82, 2.24) is 15.1 Å². The zero-order chi connectivity index (χ0) is 21.1. The molecule has 0 saturated heterocycles. The van der Waals surface area contributed by atoms with Crippen molar-refractivity contribution in [2.75, 3.05) is 0 Å². The summed E-state index contributed by atoms with van der Waals surface area (Å²) >= 11 is 0. The van der Waals surface area contributed by atoms with Crippen LogP contribution in [0.2, 0.25) is 0 Å². The first kappa shape index (κ1) is 20.1. The van der Waals surface area contributed by atoms with Gasteiger partial charge in [-0.2, -0.15) is 0 Å². The molecule has 29 heavy (non-hydrogen) atoms. The van der Waals surface area contributed by atoms with Gasteiger partial charge in [0.1, 0.15) is 11.5 Å². The largest absolute Gasteiger partial charge is 0.481 e. The number of carbonyl (C=O) groups excluding carboxylic acids is 1. The van der Waals surface area contributed by atoms with Crippen molar-refractivity contribution in [3.63, 3.8) is 0 Å². The van der Waals surface area contributed by atoms with E-state index in [1.165, 1.54) is 18.2 Å². The molecule has 150 valence electrons. The Bertz CT molecular complexity index is 1130. The first-order valence-corrected chi connectivity index (χ1v) is 8.93. The van der Waals surface area contributed by atoms with Gasteiger partial charge in [-0.1, -0.05) is 24.3 Å². The molecule has 7 nitrogen and oxygen atoms in total. The lowest BCUT2D eigenvalue weighted by Gasteiger charge is -2.20. The SMILES string of the molecule is Cc1cccc(C(CC(=O)O)NC(=O)c2cc(=O)n(-c3cccc(F)c3)[nH]2)c1C. The van der Waals surface area contributed by atoms with Crippen molar-refractivity contribution >= 4 is 11.9 Å². The Kier molecular flexibility index (Phi) is 5.63. The number of carboxylic acids is 1. The van der Waals surface area contributed by atoms with Crippen molar-refractivity contribution in [3.05, 3.63) is 87.1 Å². The molecular weight excluding hydrogens is 377 g/mol. The fourth-order valence-corrected chi connectivity index (χ4v) is 3.12. The van der Waals surface area contributed by atoms with E-state index in [9.17, 15) is 23.9 Å². The Labute approximate surface area is 165 Å². The molecule has 1 heterocycles. The fourth-order valence-electron chi connectivity index (χ4n) is 3.12. The summed E-state index contributed by atoms with van der Waals surface area (Å²) in [5.41, 5.74) is 2.18. The lowest BCUT2D eigenvalue weighted by Crippen LogP contribution is -2.31. The highest BCUT2D eigenvalue weighted by molar-refractivity contribution is 5.92. The predicted molar refractivity (Wildman–Crippen MR) is 105 cm³/mol. The summed E-state index contributed by atoms with van der Waals surface area (Å²) < 4.78 is 14.5. The van der Waals surface area contributed by atoms with Crippen molar-refractivity contribution in [3.8, 4) is 5.69 Å². The Morgan fingerprint density at radius 2 is 1.90 bits per heavy atom. The summed E-state index contributed by atoms with van der Waals surface area (Å²) in [6.45, 7) is 3.75. The lowest BCUT2D eigenvalue weighted by atomic mass is 9.95. The van der Waals surface area contributed by atoms with Gasteiger partial charge in [0, 0.05) is 6.07 Å². The number of rotatable bonds is 6. The predicted octanol–water partition coefficient (Wildman–Crippen LogP) is 2.87. The van der Waals surface area contributed by atoms with E-state index in [0.717, 1.165) is 27.9 Å². The maximum absolute atomic E-state index is 13.4. The number of hydrogen-bond donors (Lipinski definition) is 3. The number of H-pyrrole nitrogens is 1. The van der Waals surface area contributed by atoms with E-state index >= 15 is 0 Å². The second-order valence-electron chi connectivity index (χ2n) is 6.74. The fraction of sp³-hybridized carbons (Fsp3) is 0.190. The van der Waals surface area contributed by atoms with Gasteiger partial charge >= 0.3 is 5.97 Å². The number of halogens is 1.